The molecule has 2 aromatic rings. The van der Waals surface area contributed by atoms with Gasteiger partial charge in [-0.15, -0.1) is 0 Å². The average molecular weight is 541 g/mol. The molecule has 3 atom stereocenters. The van der Waals surface area contributed by atoms with E-state index in [0.29, 0.717) is 6.42 Å². The van der Waals surface area contributed by atoms with Gasteiger partial charge < -0.3 is 25.8 Å². The van der Waals surface area contributed by atoms with E-state index in [1.807, 2.05) is 0 Å². The number of carbonyl (C=O) groups excluding carboxylic acids is 1. The van der Waals surface area contributed by atoms with Crippen molar-refractivity contribution in [3.63, 3.8) is 0 Å². The van der Waals surface area contributed by atoms with Crippen LogP contribution >= 0.6 is 0 Å². The third-order valence-electron chi connectivity index (χ3n) is 7.52. The topological polar surface area (TPSA) is 95.5 Å². The molecule has 1 aliphatic carbocycles. The van der Waals surface area contributed by atoms with E-state index in [-0.39, 0.29) is 41.4 Å². The summed E-state index contributed by atoms with van der Waals surface area (Å²) in [6.45, 7) is 12.6. The lowest BCUT2D eigenvalue weighted by molar-refractivity contribution is -0.120. The molecule has 0 radical (unpaired) electrons. The molecule has 1 aromatic carbocycles. The van der Waals surface area contributed by atoms with Crippen molar-refractivity contribution in [3.8, 4) is 5.75 Å². The Morgan fingerprint density at radius 1 is 1.23 bits per heavy atom. The van der Waals surface area contributed by atoms with Crippen molar-refractivity contribution >= 4 is 11.7 Å². The molecule has 8 heteroatoms. The van der Waals surface area contributed by atoms with Gasteiger partial charge in [0, 0.05) is 43.2 Å². The van der Waals surface area contributed by atoms with E-state index in [2.05, 4.69) is 56.6 Å². The fourth-order valence-electron chi connectivity index (χ4n) is 5.60. The van der Waals surface area contributed by atoms with Crippen molar-refractivity contribution in [2.45, 2.75) is 110 Å². The van der Waals surface area contributed by atoms with E-state index in [1.165, 1.54) is 19.1 Å². The number of ether oxygens (including phenoxy) is 1. The number of anilines is 1. The van der Waals surface area contributed by atoms with Crippen molar-refractivity contribution in [2.24, 2.45) is 5.41 Å². The van der Waals surface area contributed by atoms with E-state index in [9.17, 15) is 14.3 Å². The Morgan fingerprint density at radius 2 is 1.92 bits per heavy atom. The second-order valence-electron chi connectivity index (χ2n) is 12.9. The van der Waals surface area contributed by atoms with Crippen molar-refractivity contribution in [3.05, 3.63) is 53.0 Å². The van der Waals surface area contributed by atoms with Crippen LogP contribution in [-0.4, -0.2) is 46.3 Å². The zero-order valence-electron chi connectivity index (χ0n) is 24.2. The molecule has 7 nitrogen and oxygen atoms in total. The summed E-state index contributed by atoms with van der Waals surface area (Å²) in [5, 5.41) is 21.3. The minimum absolute atomic E-state index is 0.0260. The van der Waals surface area contributed by atoms with E-state index in [0.717, 1.165) is 60.5 Å². The maximum absolute atomic E-state index is 13.4. The molecule has 2 heterocycles. The van der Waals surface area contributed by atoms with Gasteiger partial charge in [-0.1, -0.05) is 32.9 Å². The molecule has 2 aliphatic rings. The van der Waals surface area contributed by atoms with Crippen LogP contribution in [0.5, 0.6) is 5.75 Å². The van der Waals surface area contributed by atoms with Crippen molar-refractivity contribution in [1.29, 1.82) is 0 Å². The van der Waals surface area contributed by atoms with Gasteiger partial charge in [-0.3, -0.25) is 4.79 Å². The van der Waals surface area contributed by atoms with E-state index in [4.69, 9.17) is 9.72 Å². The SMILES string of the molecule is CC(=O)N[C@@H](Cc1ccc(F)cc1)[C@H](O)CN[C@H]1CC2(CCC2)Oc2c1cc(CC(C)(C)C)nc2NC(C)C. The molecule has 39 heavy (non-hydrogen) atoms. The Morgan fingerprint density at radius 3 is 2.49 bits per heavy atom. The van der Waals surface area contributed by atoms with Gasteiger partial charge in [-0.25, -0.2) is 9.37 Å². The highest BCUT2D eigenvalue weighted by atomic mass is 19.1. The molecule has 214 valence electrons. The Hall–Kier alpha value is -2.71. The van der Waals surface area contributed by atoms with Gasteiger partial charge in [0.2, 0.25) is 5.91 Å². The molecule has 1 fully saturated rings. The fraction of sp³-hybridized carbons (Fsp3) is 0.613. The number of carbonyl (C=O) groups is 1. The number of benzene rings is 1. The zero-order valence-corrected chi connectivity index (χ0v) is 24.2. The molecule has 1 saturated carbocycles. The fourth-order valence-corrected chi connectivity index (χ4v) is 5.60. The molecule has 0 bridgehead atoms. The highest BCUT2D eigenvalue weighted by Crippen LogP contribution is 2.51. The number of nitrogens with zero attached hydrogens (tertiary/aromatic N) is 1. The van der Waals surface area contributed by atoms with Crippen LogP contribution in [0.2, 0.25) is 0 Å². The number of rotatable bonds is 10. The van der Waals surface area contributed by atoms with Gasteiger partial charge in [0.05, 0.1) is 12.1 Å². The summed E-state index contributed by atoms with van der Waals surface area (Å²) in [5.74, 6) is 1.07. The predicted molar refractivity (Wildman–Crippen MR) is 152 cm³/mol. The number of fused-ring (bicyclic) bond motifs is 1. The molecule has 1 aliphatic heterocycles. The molecule has 1 spiro atoms. The number of hydrogen-bond donors (Lipinski definition) is 4. The van der Waals surface area contributed by atoms with Crippen molar-refractivity contribution < 1.29 is 19.0 Å². The first-order chi connectivity index (χ1) is 18.3. The van der Waals surface area contributed by atoms with Gasteiger partial charge in [0.1, 0.15) is 11.4 Å². The third kappa shape index (κ3) is 7.70. The standard InChI is InChI=1S/C31H45FN4O3/c1-19(2)34-29-28-24(15-23(36-29)16-30(4,5)6)26(17-31(39-28)12-7-13-31)33-18-27(38)25(35-20(3)37)14-21-8-10-22(32)11-9-21/h8-11,15,19,25-27,33,38H,7,12-14,16-18H2,1-6H3,(H,34,36)(H,35,37)/t25-,26-,27+/m0/s1. The van der Waals surface area contributed by atoms with E-state index in [1.54, 1.807) is 12.1 Å². The molecular formula is C31H45FN4O3. The Labute approximate surface area is 232 Å². The van der Waals surface area contributed by atoms with Crippen LogP contribution < -0.4 is 20.7 Å². The van der Waals surface area contributed by atoms with Crippen LogP contribution in [-0.2, 0) is 17.6 Å². The molecule has 0 unspecified atom stereocenters. The number of aromatic nitrogens is 1. The second kappa shape index (κ2) is 11.8. The van der Waals surface area contributed by atoms with Crippen LogP contribution in [0.3, 0.4) is 0 Å². The summed E-state index contributed by atoms with van der Waals surface area (Å²) in [6, 6.07) is 7.99. The number of pyridine rings is 1. The summed E-state index contributed by atoms with van der Waals surface area (Å²) < 4.78 is 20.1. The maximum Gasteiger partial charge on any atom is 0.217 e. The number of aliphatic hydroxyl groups is 1. The lowest BCUT2D eigenvalue weighted by atomic mass is 9.72. The summed E-state index contributed by atoms with van der Waals surface area (Å²) in [7, 11) is 0. The third-order valence-corrected chi connectivity index (χ3v) is 7.52. The lowest BCUT2D eigenvalue weighted by Crippen LogP contribution is -2.52. The van der Waals surface area contributed by atoms with E-state index >= 15 is 0 Å². The number of nitrogens with one attached hydrogen (secondary N) is 3. The monoisotopic (exact) mass is 540 g/mol. The van der Waals surface area contributed by atoms with Crippen LogP contribution in [0.4, 0.5) is 10.2 Å². The minimum atomic E-state index is -0.841. The summed E-state index contributed by atoms with van der Waals surface area (Å²) in [5.41, 5.74) is 2.78. The molecule has 1 amide bonds. The maximum atomic E-state index is 13.4. The smallest absolute Gasteiger partial charge is 0.217 e. The van der Waals surface area contributed by atoms with Gasteiger partial charge >= 0.3 is 0 Å². The first-order valence-electron chi connectivity index (χ1n) is 14.2. The average Bonchev–Trinajstić information content (AvgIpc) is 2.80. The van der Waals surface area contributed by atoms with Crippen molar-refractivity contribution in [2.75, 3.05) is 11.9 Å². The van der Waals surface area contributed by atoms with Crippen LogP contribution in [0.25, 0.3) is 0 Å². The van der Waals surface area contributed by atoms with Gasteiger partial charge in [0.15, 0.2) is 11.6 Å². The van der Waals surface area contributed by atoms with E-state index < -0.39 is 12.1 Å². The Kier molecular flexibility index (Phi) is 8.86. The van der Waals surface area contributed by atoms with Crippen molar-refractivity contribution in [1.82, 2.24) is 15.6 Å². The number of halogens is 1. The molecule has 0 saturated heterocycles. The number of amides is 1. The second-order valence-corrected chi connectivity index (χ2v) is 12.9. The van der Waals surface area contributed by atoms with Crippen LogP contribution in [0.15, 0.2) is 30.3 Å². The normalized spacial score (nSPS) is 19.6. The number of aliphatic hydroxyl groups excluding tert-OH is 1. The molecule has 4 rings (SSSR count). The quantitative estimate of drug-likeness (QED) is 0.336. The lowest BCUT2D eigenvalue weighted by Gasteiger charge is -2.48. The first kappa shape index (κ1) is 29.3. The van der Waals surface area contributed by atoms with Gasteiger partial charge in [-0.2, -0.15) is 0 Å². The molecule has 4 N–H and O–H groups in total. The highest BCUT2D eigenvalue weighted by Gasteiger charge is 2.47. The predicted octanol–water partition coefficient (Wildman–Crippen LogP) is 5.07. The Balaban J connectivity index is 1.59. The highest BCUT2D eigenvalue weighted by molar-refractivity contribution is 5.73. The summed E-state index contributed by atoms with van der Waals surface area (Å²) in [4.78, 5) is 16.9. The number of hydrogen-bond acceptors (Lipinski definition) is 6. The summed E-state index contributed by atoms with van der Waals surface area (Å²) in [6.07, 6.45) is 4.33. The van der Waals surface area contributed by atoms with Crippen LogP contribution in [0, 0.1) is 11.2 Å². The first-order valence-corrected chi connectivity index (χ1v) is 14.2. The van der Waals surface area contributed by atoms with Gasteiger partial charge in [-0.05, 0) is 75.1 Å². The van der Waals surface area contributed by atoms with Crippen LogP contribution in [0.1, 0.15) is 90.1 Å². The molecular weight excluding hydrogens is 495 g/mol. The Bertz CT molecular complexity index is 1140. The summed E-state index contributed by atoms with van der Waals surface area (Å²) >= 11 is 0. The zero-order chi connectivity index (χ0) is 28.4. The molecule has 1 aromatic heterocycles. The minimum Gasteiger partial charge on any atom is -0.483 e. The largest absolute Gasteiger partial charge is 0.483 e. The van der Waals surface area contributed by atoms with Gasteiger partial charge in [0.25, 0.3) is 0 Å².